The van der Waals surface area contributed by atoms with Crippen molar-refractivity contribution in [2.75, 3.05) is 7.11 Å². The summed E-state index contributed by atoms with van der Waals surface area (Å²) in [5.41, 5.74) is 2.92. The average molecular weight is 380 g/mol. The lowest BCUT2D eigenvalue weighted by atomic mass is 10.0. The van der Waals surface area contributed by atoms with Crippen molar-refractivity contribution >= 4 is 17.0 Å². The highest BCUT2D eigenvalue weighted by Gasteiger charge is 2.21. The fourth-order valence-electron chi connectivity index (χ4n) is 3.22. The van der Waals surface area contributed by atoms with Crippen LogP contribution in [-0.4, -0.2) is 29.8 Å². The lowest BCUT2D eigenvalue weighted by molar-refractivity contribution is 0.0913. The van der Waals surface area contributed by atoms with E-state index < -0.39 is 6.09 Å². The van der Waals surface area contributed by atoms with Crippen LogP contribution in [0.3, 0.4) is 0 Å². The van der Waals surface area contributed by atoms with E-state index in [-0.39, 0.29) is 11.6 Å². The van der Waals surface area contributed by atoms with Crippen molar-refractivity contribution in [3.05, 3.63) is 65.9 Å². The Morgan fingerprint density at radius 2 is 1.86 bits per heavy atom. The molecule has 0 saturated heterocycles. The van der Waals surface area contributed by atoms with Gasteiger partial charge in [-0.25, -0.2) is 4.79 Å². The number of fused-ring (bicyclic) bond motifs is 1. The molecule has 1 amide bonds. The minimum atomic E-state index is -0.397. The average Bonchev–Trinajstić information content (AvgIpc) is 3.03. The summed E-state index contributed by atoms with van der Waals surface area (Å²) < 4.78 is 11.2. The number of rotatable bonds is 6. The molecule has 0 spiro atoms. The molecule has 0 aliphatic carbocycles. The van der Waals surface area contributed by atoms with E-state index in [1.54, 1.807) is 7.11 Å². The lowest BCUT2D eigenvalue weighted by Gasteiger charge is -2.24. The van der Waals surface area contributed by atoms with Crippen molar-refractivity contribution < 1.29 is 14.3 Å². The summed E-state index contributed by atoms with van der Waals surface area (Å²) in [6.07, 6.45) is 2.56. The molecule has 5 nitrogen and oxygen atoms in total. The Balaban J connectivity index is 1.83. The van der Waals surface area contributed by atoms with Crippen LogP contribution in [0.2, 0.25) is 0 Å². The van der Waals surface area contributed by atoms with Gasteiger partial charge in [0.2, 0.25) is 0 Å². The Labute approximate surface area is 166 Å². The molecule has 0 bridgehead atoms. The number of H-pyrrole nitrogens is 1. The molecule has 0 aliphatic heterocycles. The number of ether oxygens (including phenoxy) is 2. The summed E-state index contributed by atoms with van der Waals surface area (Å²) in [5.74, 6) is 0.805. The van der Waals surface area contributed by atoms with E-state index in [0.29, 0.717) is 12.8 Å². The highest BCUT2D eigenvalue weighted by molar-refractivity contribution is 5.84. The summed E-state index contributed by atoms with van der Waals surface area (Å²) in [7, 11) is 1.66. The van der Waals surface area contributed by atoms with Crippen LogP contribution in [0, 0.1) is 0 Å². The van der Waals surface area contributed by atoms with E-state index in [1.807, 2.05) is 63.4 Å². The van der Waals surface area contributed by atoms with Gasteiger partial charge in [-0.15, -0.1) is 0 Å². The summed E-state index contributed by atoms with van der Waals surface area (Å²) in [6, 6.07) is 16.0. The summed E-state index contributed by atoms with van der Waals surface area (Å²) in [4.78, 5) is 15.7. The predicted octanol–water partition coefficient (Wildman–Crippen LogP) is 4.86. The van der Waals surface area contributed by atoms with Crippen LogP contribution in [0.1, 0.15) is 31.9 Å². The van der Waals surface area contributed by atoms with Gasteiger partial charge < -0.3 is 19.8 Å². The molecule has 1 atom stereocenters. The van der Waals surface area contributed by atoms with E-state index in [4.69, 9.17) is 9.47 Å². The van der Waals surface area contributed by atoms with Crippen molar-refractivity contribution in [1.82, 2.24) is 10.3 Å². The van der Waals surface area contributed by atoms with Gasteiger partial charge in [0, 0.05) is 35.5 Å². The number of nitrogens with one attached hydrogen (secondary N) is 2. The van der Waals surface area contributed by atoms with Gasteiger partial charge in [-0.2, -0.15) is 0 Å². The monoisotopic (exact) mass is 380 g/mol. The molecule has 28 heavy (non-hydrogen) atoms. The third kappa shape index (κ3) is 5.28. The molecule has 0 radical (unpaired) electrons. The van der Waals surface area contributed by atoms with E-state index in [9.17, 15) is 4.79 Å². The molecule has 3 aromatic rings. The van der Waals surface area contributed by atoms with Crippen molar-refractivity contribution in [2.24, 2.45) is 0 Å². The lowest BCUT2D eigenvalue weighted by Crippen LogP contribution is -2.42. The molecule has 3 rings (SSSR count). The number of hydrogen-bond acceptors (Lipinski definition) is 3. The minimum absolute atomic E-state index is 0.282. The van der Waals surface area contributed by atoms with Crippen LogP contribution < -0.4 is 10.1 Å². The highest BCUT2D eigenvalue weighted by Crippen LogP contribution is 2.25. The van der Waals surface area contributed by atoms with Gasteiger partial charge in [0.05, 0.1) is 7.11 Å². The molecular weight excluding hydrogens is 352 g/mol. The van der Waals surface area contributed by atoms with Crippen molar-refractivity contribution in [3.8, 4) is 5.75 Å². The first-order valence-corrected chi connectivity index (χ1v) is 9.51. The molecule has 148 valence electrons. The Morgan fingerprint density at radius 3 is 2.54 bits per heavy atom. The summed E-state index contributed by atoms with van der Waals surface area (Å²) in [5, 5.41) is 3.96. The van der Waals surface area contributed by atoms with Gasteiger partial charge in [0.1, 0.15) is 11.9 Å². The molecule has 0 saturated carbocycles. The third-order valence-corrected chi connectivity index (χ3v) is 4.48. The zero-order chi connectivity index (χ0) is 20.1. The first kappa shape index (κ1) is 19.8. The number of amides is 1. The fourth-order valence-corrected chi connectivity index (χ4v) is 3.22. The number of hydrogen-bond donors (Lipinski definition) is 2. The van der Waals surface area contributed by atoms with Crippen LogP contribution in [0.25, 0.3) is 10.9 Å². The second-order valence-corrected chi connectivity index (χ2v) is 8.02. The van der Waals surface area contributed by atoms with Crippen molar-refractivity contribution in [1.29, 1.82) is 0 Å². The number of aromatic amines is 1. The van der Waals surface area contributed by atoms with Crippen LogP contribution >= 0.6 is 0 Å². The zero-order valence-corrected chi connectivity index (χ0v) is 16.9. The van der Waals surface area contributed by atoms with Gasteiger partial charge in [0.25, 0.3) is 0 Å². The van der Waals surface area contributed by atoms with Crippen LogP contribution in [-0.2, 0) is 17.6 Å². The van der Waals surface area contributed by atoms with Gasteiger partial charge in [-0.05, 0) is 50.1 Å². The number of carbonyl (C=O) groups excluding carboxylic acids is 1. The number of carbonyl (C=O) groups is 1. The molecule has 5 heteroatoms. The minimum Gasteiger partial charge on any atom is -0.497 e. The Kier molecular flexibility index (Phi) is 5.93. The van der Waals surface area contributed by atoms with Crippen molar-refractivity contribution in [2.45, 2.75) is 45.3 Å². The zero-order valence-electron chi connectivity index (χ0n) is 16.9. The van der Waals surface area contributed by atoms with E-state index in [0.717, 1.165) is 27.8 Å². The third-order valence-electron chi connectivity index (χ3n) is 4.48. The van der Waals surface area contributed by atoms with Gasteiger partial charge >= 0.3 is 6.09 Å². The van der Waals surface area contributed by atoms with E-state index >= 15 is 0 Å². The van der Waals surface area contributed by atoms with Gasteiger partial charge in [-0.3, -0.25) is 0 Å². The number of alkyl carbamates (subject to hydrolysis) is 1. The topological polar surface area (TPSA) is 63.4 Å². The first-order valence-electron chi connectivity index (χ1n) is 9.51. The maximum atomic E-state index is 12.4. The Bertz CT molecular complexity index is 926. The second-order valence-electron chi connectivity index (χ2n) is 8.02. The molecule has 0 fully saturated rings. The van der Waals surface area contributed by atoms with Gasteiger partial charge in [0.15, 0.2) is 0 Å². The fraction of sp³-hybridized carbons (Fsp3) is 0.348. The molecule has 0 unspecified atom stereocenters. The summed E-state index contributed by atoms with van der Waals surface area (Å²) in [6.45, 7) is 5.81. The number of methoxy groups -OCH3 is 1. The SMILES string of the molecule is COc1ccc2[nH]cc(C[C@@H](Cc3ccccc3)OC(=O)NC(C)(C)C)c2c1. The predicted molar refractivity (Wildman–Crippen MR) is 112 cm³/mol. The maximum absolute atomic E-state index is 12.4. The van der Waals surface area contributed by atoms with Crippen molar-refractivity contribution in [3.63, 3.8) is 0 Å². The Hall–Kier alpha value is -2.95. The maximum Gasteiger partial charge on any atom is 0.407 e. The largest absolute Gasteiger partial charge is 0.497 e. The number of benzene rings is 2. The van der Waals surface area contributed by atoms with E-state index in [2.05, 4.69) is 22.4 Å². The molecule has 0 aliphatic rings. The van der Waals surface area contributed by atoms with E-state index in [1.165, 1.54) is 0 Å². The molecule has 1 aromatic heterocycles. The van der Waals surface area contributed by atoms with Crippen LogP contribution in [0.5, 0.6) is 5.75 Å². The Morgan fingerprint density at radius 1 is 1.11 bits per heavy atom. The first-order chi connectivity index (χ1) is 13.3. The van der Waals surface area contributed by atoms with Crippen LogP contribution in [0.15, 0.2) is 54.7 Å². The smallest absolute Gasteiger partial charge is 0.407 e. The molecular formula is C23H28N2O3. The number of aromatic nitrogens is 1. The second kappa shape index (κ2) is 8.38. The molecule has 2 aromatic carbocycles. The highest BCUT2D eigenvalue weighted by atomic mass is 16.6. The summed E-state index contributed by atoms with van der Waals surface area (Å²) >= 11 is 0. The molecule has 2 N–H and O–H groups in total. The standard InChI is InChI=1S/C23H28N2O3/c1-23(2,3)25-22(26)28-19(12-16-8-6-5-7-9-16)13-17-15-24-21-11-10-18(27-4)14-20(17)21/h5-11,14-15,19,24H,12-13H2,1-4H3,(H,25,26)/t19-/m1/s1. The normalized spacial score (nSPS) is 12.6. The molecule has 1 heterocycles. The van der Waals surface area contributed by atoms with Crippen LogP contribution in [0.4, 0.5) is 4.79 Å². The van der Waals surface area contributed by atoms with Gasteiger partial charge in [-0.1, -0.05) is 30.3 Å². The quantitative estimate of drug-likeness (QED) is 0.642.